The van der Waals surface area contributed by atoms with E-state index in [1.165, 1.54) is 22.3 Å². The number of likely N-dealkylation sites (tertiary alicyclic amines) is 1. The van der Waals surface area contributed by atoms with Gasteiger partial charge in [0.15, 0.2) is 0 Å². The van der Waals surface area contributed by atoms with Crippen LogP contribution in [0.25, 0.3) is 11.4 Å². The Hall–Kier alpha value is -3.69. The zero-order valence-electron chi connectivity index (χ0n) is 18.9. The van der Waals surface area contributed by atoms with E-state index in [1.807, 2.05) is 30.3 Å². The van der Waals surface area contributed by atoms with Crippen LogP contribution in [0.1, 0.15) is 23.1 Å². The topological polar surface area (TPSA) is 105 Å². The van der Waals surface area contributed by atoms with E-state index in [1.54, 1.807) is 23.7 Å². The highest BCUT2D eigenvalue weighted by molar-refractivity contribution is 6.46. The van der Waals surface area contributed by atoms with Gasteiger partial charge in [0.25, 0.3) is 5.91 Å². The van der Waals surface area contributed by atoms with Crippen molar-refractivity contribution in [1.82, 2.24) is 14.7 Å². The molecule has 9 heteroatoms. The van der Waals surface area contributed by atoms with Crippen LogP contribution in [0, 0.1) is 6.92 Å². The van der Waals surface area contributed by atoms with Gasteiger partial charge in [-0.05, 0) is 31.2 Å². The molecule has 1 aromatic carbocycles. The lowest BCUT2D eigenvalue weighted by atomic mass is 9.99. The van der Waals surface area contributed by atoms with Crippen LogP contribution in [0.3, 0.4) is 0 Å². The Morgan fingerprint density at radius 3 is 2.62 bits per heavy atom. The normalized spacial score (nSPS) is 20.9. The molecule has 1 N–H and O–H groups in total. The number of carbonyl (C=O) groups is 2. The number of nitrogens with zero attached hydrogens (tertiary/aromatic N) is 3. The number of ether oxygens (including phenoxy) is 1. The minimum atomic E-state index is -0.859. The fraction of sp³-hybridized carbons (Fsp3) is 0.320. The predicted octanol–water partition coefficient (Wildman–Crippen LogP) is -0.0872. The first-order chi connectivity index (χ1) is 16.6. The number of nitrogens with one attached hydrogen (secondary N) is 1. The molecule has 5 rings (SSSR count). The Kier molecular flexibility index (Phi) is 6.04. The lowest BCUT2D eigenvalue weighted by Crippen LogP contribution is -3.14. The van der Waals surface area contributed by atoms with E-state index in [9.17, 15) is 14.7 Å². The second kappa shape index (κ2) is 9.28. The summed E-state index contributed by atoms with van der Waals surface area (Å²) in [5.74, 6) is -1.56. The third-order valence-corrected chi connectivity index (χ3v) is 6.50. The smallest absolute Gasteiger partial charge is 0.295 e. The van der Waals surface area contributed by atoms with E-state index >= 15 is 0 Å². The first kappa shape index (κ1) is 22.1. The van der Waals surface area contributed by atoms with E-state index in [0.717, 1.165) is 18.8 Å². The molecular formula is C25H26N4O5. The second-order valence-electron chi connectivity index (χ2n) is 8.49. The van der Waals surface area contributed by atoms with Crippen LogP contribution in [0.2, 0.25) is 0 Å². The van der Waals surface area contributed by atoms with Gasteiger partial charge in [0.2, 0.25) is 5.78 Å². The van der Waals surface area contributed by atoms with Crippen molar-refractivity contribution in [1.29, 1.82) is 0 Å². The van der Waals surface area contributed by atoms with Crippen molar-refractivity contribution in [3.63, 3.8) is 0 Å². The molecule has 3 aromatic rings. The van der Waals surface area contributed by atoms with Crippen LogP contribution in [0.4, 0.5) is 0 Å². The highest BCUT2D eigenvalue weighted by Gasteiger charge is 2.46. The number of aromatic nitrogens is 2. The number of carbonyl (C=O) groups excluding carboxylic acids is 2. The number of amides is 1. The summed E-state index contributed by atoms with van der Waals surface area (Å²) in [6, 6.07) is 11.9. The van der Waals surface area contributed by atoms with Crippen molar-refractivity contribution >= 4 is 17.4 Å². The molecule has 4 heterocycles. The lowest BCUT2D eigenvalue weighted by molar-refractivity contribution is -0.907. The Labute approximate surface area is 196 Å². The number of morpholine rings is 1. The molecule has 0 spiro atoms. The second-order valence-corrected chi connectivity index (χ2v) is 8.49. The van der Waals surface area contributed by atoms with Crippen LogP contribution in [0.5, 0.6) is 0 Å². The van der Waals surface area contributed by atoms with Crippen molar-refractivity contribution in [3.8, 4) is 5.69 Å². The van der Waals surface area contributed by atoms with Gasteiger partial charge in [0.1, 0.15) is 24.9 Å². The molecule has 2 fully saturated rings. The van der Waals surface area contributed by atoms with E-state index in [4.69, 9.17) is 9.15 Å². The summed E-state index contributed by atoms with van der Waals surface area (Å²) in [6.45, 7) is 5.80. The number of hydrogen-bond donors (Lipinski definition) is 1. The average molecular weight is 463 g/mol. The molecule has 1 unspecified atom stereocenters. The standard InChI is InChI=1S/C25H26N4O5/c1-17-19(16-26-29(17)18-6-3-2-4-7-18)23(30)21-22(20-8-5-13-34-20)28(25(32)24(21)31)10-9-27-11-14-33-15-12-27/h2-8,13,16,22,30H,9-12,14-15H2,1H3/b23-21+. The summed E-state index contributed by atoms with van der Waals surface area (Å²) in [4.78, 5) is 28.9. The first-order valence-electron chi connectivity index (χ1n) is 11.4. The van der Waals surface area contributed by atoms with Crippen molar-refractivity contribution in [2.24, 2.45) is 0 Å². The van der Waals surface area contributed by atoms with E-state index in [0.29, 0.717) is 37.8 Å². The predicted molar refractivity (Wildman–Crippen MR) is 120 cm³/mol. The number of para-hydroxylation sites is 1. The van der Waals surface area contributed by atoms with Crippen molar-refractivity contribution in [3.05, 3.63) is 77.5 Å². The summed E-state index contributed by atoms with van der Waals surface area (Å²) in [5.41, 5.74) is 1.60. The minimum Gasteiger partial charge on any atom is -0.872 e. The highest BCUT2D eigenvalue weighted by Crippen LogP contribution is 2.39. The molecule has 176 valence electrons. The molecule has 0 saturated carbocycles. The van der Waals surface area contributed by atoms with Gasteiger partial charge >= 0.3 is 0 Å². The fourth-order valence-corrected chi connectivity index (χ4v) is 4.64. The molecule has 2 aliphatic rings. The van der Waals surface area contributed by atoms with Gasteiger partial charge < -0.3 is 24.1 Å². The van der Waals surface area contributed by atoms with Gasteiger partial charge in [0, 0.05) is 16.8 Å². The molecule has 2 aromatic heterocycles. The van der Waals surface area contributed by atoms with Gasteiger partial charge in [0.05, 0.1) is 44.5 Å². The van der Waals surface area contributed by atoms with Crippen LogP contribution in [-0.2, 0) is 14.3 Å². The third-order valence-electron chi connectivity index (χ3n) is 6.50. The Balaban J connectivity index is 1.52. The largest absolute Gasteiger partial charge is 0.872 e. The summed E-state index contributed by atoms with van der Waals surface area (Å²) >= 11 is 0. The monoisotopic (exact) mass is 462 g/mol. The molecule has 34 heavy (non-hydrogen) atoms. The molecule has 0 aliphatic carbocycles. The number of hydrogen-bond acceptors (Lipinski definition) is 6. The van der Waals surface area contributed by atoms with Crippen LogP contribution < -0.4 is 10.0 Å². The summed E-state index contributed by atoms with van der Waals surface area (Å²) in [6.07, 6.45) is 2.93. The molecule has 2 saturated heterocycles. The maximum atomic E-state index is 13.7. The quantitative estimate of drug-likeness (QED) is 0.312. The van der Waals surface area contributed by atoms with Gasteiger partial charge in [-0.1, -0.05) is 24.0 Å². The van der Waals surface area contributed by atoms with Gasteiger partial charge in [-0.25, -0.2) is 4.68 Å². The fourth-order valence-electron chi connectivity index (χ4n) is 4.64. The molecule has 1 amide bonds. The van der Waals surface area contributed by atoms with Crippen LogP contribution >= 0.6 is 0 Å². The average Bonchev–Trinajstić information content (AvgIpc) is 3.58. The maximum absolute atomic E-state index is 13.7. The number of ketones is 1. The van der Waals surface area contributed by atoms with Gasteiger partial charge in [-0.2, -0.15) is 5.10 Å². The van der Waals surface area contributed by atoms with Crippen molar-refractivity contribution in [2.75, 3.05) is 39.4 Å². The highest BCUT2D eigenvalue weighted by atomic mass is 16.5. The van der Waals surface area contributed by atoms with E-state index in [-0.39, 0.29) is 11.1 Å². The number of furan rings is 1. The Bertz CT molecular complexity index is 1210. The SMILES string of the molecule is Cc1c(/C([O-])=C2\C(=O)C(=O)N(CC[NH+]3CCOCC3)C2c2ccco2)cnn1-c1ccccc1. The number of quaternary nitrogens is 1. The number of rotatable bonds is 6. The third kappa shape index (κ3) is 3.93. The summed E-state index contributed by atoms with van der Waals surface area (Å²) < 4.78 is 12.6. The van der Waals surface area contributed by atoms with Crippen LogP contribution in [-0.4, -0.2) is 65.8 Å². The molecule has 2 aliphatic heterocycles. The van der Waals surface area contributed by atoms with E-state index < -0.39 is 23.5 Å². The molecule has 0 radical (unpaired) electrons. The Morgan fingerprint density at radius 1 is 1.15 bits per heavy atom. The zero-order chi connectivity index (χ0) is 23.7. The Morgan fingerprint density at radius 2 is 1.91 bits per heavy atom. The van der Waals surface area contributed by atoms with Crippen molar-refractivity contribution < 1.29 is 28.7 Å². The molecule has 0 bridgehead atoms. The molecular weight excluding hydrogens is 436 g/mol. The first-order valence-corrected chi connectivity index (χ1v) is 11.4. The molecule has 1 atom stereocenters. The summed E-state index contributed by atoms with van der Waals surface area (Å²) in [7, 11) is 0. The zero-order valence-corrected chi connectivity index (χ0v) is 18.9. The number of Topliss-reactive ketones (excluding diaryl/α,β-unsaturated/α-hetero) is 1. The minimum absolute atomic E-state index is 0.0901. The van der Waals surface area contributed by atoms with Gasteiger partial charge in [-0.15, -0.1) is 0 Å². The lowest BCUT2D eigenvalue weighted by Gasteiger charge is -2.28. The maximum Gasteiger partial charge on any atom is 0.295 e. The summed E-state index contributed by atoms with van der Waals surface area (Å²) in [5, 5.41) is 18.0. The van der Waals surface area contributed by atoms with Gasteiger partial charge in [-0.3, -0.25) is 9.59 Å². The van der Waals surface area contributed by atoms with Crippen molar-refractivity contribution in [2.45, 2.75) is 13.0 Å². The van der Waals surface area contributed by atoms with Crippen LogP contribution in [0.15, 0.2) is 64.9 Å². The van der Waals surface area contributed by atoms with E-state index in [2.05, 4.69) is 5.10 Å². The number of benzene rings is 1. The molecule has 9 nitrogen and oxygen atoms in total.